The van der Waals surface area contributed by atoms with E-state index in [0.29, 0.717) is 11.3 Å². The van der Waals surface area contributed by atoms with Gasteiger partial charge in [-0.05, 0) is 36.3 Å². The molecular weight excluding hydrogens is 360 g/mol. The van der Waals surface area contributed by atoms with Crippen LogP contribution in [-0.4, -0.2) is 23.1 Å². The highest BCUT2D eigenvalue weighted by Crippen LogP contribution is 2.28. The van der Waals surface area contributed by atoms with E-state index in [2.05, 4.69) is 10.6 Å². The third-order valence-corrected chi connectivity index (χ3v) is 4.14. The summed E-state index contributed by atoms with van der Waals surface area (Å²) < 4.78 is 5.24. The summed E-state index contributed by atoms with van der Waals surface area (Å²) in [6, 6.07) is 14.4. The number of carbonyl (C=O) groups is 3. The standard InChI is InChI=1S/C21H18N2O5/c1-13-18(20(25)26)19(23-21(27)22-13)15-8-10-16(11-9-15)28-17(24)12-7-14-5-3-2-4-6-14/h2-12,19H,1H3,(H,25,26)(H2,22,23,27)/b12-7+. The first-order chi connectivity index (χ1) is 13.4. The van der Waals surface area contributed by atoms with E-state index >= 15 is 0 Å². The van der Waals surface area contributed by atoms with Gasteiger partial charge in [-0.2, -0.15) is 0 Å². The Hall–Kier alpha value is -3.87. The van der Waals surface area contributed by atoms with Crippen LogP contribution in [0.3, 0.4) is 0 Å². The molecule has 1 unspecified atom stereocenters. The number of nitrogens with one attached hydrogen (secondary N) is 2. The molecule has 0 saturated carbocycles. The van der Waals surface area contributed by atoms with E-state index in [-0.39, 0.29) is 11.3 Å². The van der Waals surface area contributed by atoms with Crippen LogP contribution in [0.1, 0.15) is 24.1 Å². The number of ether oxygens (including phenoxy) is 1. The molecule has 1 aliphatic rings. The van der Waals surface area contributed by atoms with Gasteiger partial charge in [0.1, 0.15) is 5.75 Å². The van der Waals surface area contributed by atoms with Crippen molar-refractivity contribution in [1.82, 2.24) is 10.6 Å². The first kappa shape index (κ1) is 18.9. The minimum Gasteiger partial charge on any atom is -0.478 e. The van der Waals surface area contributed by atoms with Crippen LogP contribution in [0.15, 0.2) is 71.9 Å². The topological polar surface area (TPSA) is 105 Å². The SMILES string of the molecule is CC1=C(C(=O)O)C(c2ccc(OC(=O)/C=C/c3ccccc3)cc2)NC(=O)N1. The Morgan fingerprint density at radius 3 is 2.39 bits per heavy atom. The number of allylic oxidation sites excluding steroid dienone is 1. The van der Waals surface area contributed by atoms with Crippen LogP contribution in [0.5, 0.6) is 5.75 Å². The molecule has 0 bridgehead atoms. The van der Waals surface area contributed by atoms with Gasteiger partial charge in [-0.3, -0.25) is 0 Å². The summed E-state index contributed by atoms with van der Waals surface area (Å²) in [5.41, 5.74) is 1.77. The van der Waals surface area contributed by atoms with Gasteiger partial charge >= 0.3 is 18.0 Å². The van der Waals surface area contributed by atoms with Crippen molar-refractivity contribution in [2.75, 3.05) is 0 Å². The minimum atomic E-state index is -1.13. The molecule has 2 amide bonds. The Bertz CT molecular complexity index is 962. The maximum atomic E-state index is 11.9. The molecule has 1 atom stereocenters. The number of aliphatic carboxylic acids is 1. The Morgan fingerprint density at radius 1 is 1.07 bits per heavy atom. The van der Waals surface area contributed by atoms with Gasteiger partial charge in [0.25, 0.3) is 0 Å². The summed E-state index contributed by atoms with van der Waals surface area (Å²) in [7, 11) is 0. The highest BCUT2D eigenvalue weighted by Gasteiger charge is 2.30. The second kappa shape index (κ2) is 8.22. The van der Waals surface area contributed by atoms with E-state index in [1.165, 1.54) is 13.0 Å². The Morgan fingerprint density at radius 2 is 1.75 bits per heavy atom. The molecule has 7 nitrogen and oxygen atoms in total. The van der Waals surface area contributed by atoms with E-state index in [4.69, 9.17) is 4.74 Å². The van der Waals surface area contributed by atoms with Gasteiger partial charge in [-0.25, -0.2) is 14.4 Å². The molecule has 1 aliphatic heterocycles. The number of hydrogen-bond acceptors (Lipinski definition) is 4. The number of esters is 1. The molecule has 0 aliphatic carbocycles. The van der Waals surface area contributed by atoms with E-state index in [9.17, 15) is 19.5 Å². The second-order valence-corrected chi connectivity index (χ2v) is 6.11. The fourth-order valence-electron chi connectivity index (χ4n) is 2.83. The molecule has 2 aromatic carbocycles. The summed E-state index contributed by atoms with van der Waals surface area (Å²) in [5.74, 6) is -1.35. The number of carboxylic acid groups (broad SMARTS) is 1. The highest BCUT2D eigenvalue weighted by atomic mass is 16.5. The van der Waals surface area contributed by atoms with Crippen LogP contribution in [0, 0.1) is 0 Å². The van der Waals surface area contributed by atoms with Gasteiger partial charge in [0.2, 0.25) is 0 Å². The number of benzene rings is 2. The molecule has 7 heteroatoms. The van der Waals surface area contributed by atoms with Crippen molar-refractivity contribution in [2.45, 2.75) is 13.0 Å². The lowest BCUT2D eigenvalue weighted by molar-refractivity contribution is -0.133. The van der Waals surface area contributed by atoms with E-state index in [1.54, 1.807) is 30.3 Å². The molecule has 142 valence electrons. The molecule has 3 rings (SSSR count). The maximum absolute atomic E-state index is 11.9. The molecule has 28 heavy (non-hydrogen) atoms. The number of urea groups is 1. The molecule has 0 fully saturated rings. The first-order valence-corrected chi connectivity index (χ1v) is 8.50. The van der Waals surface area contributed by atoms with Crippen molar-refractivity contribution < 1.29 is 24.2 Å². The quantitative estimate of drug-likeness (QED) is 0.421. The van der Waals surface area contributed by atoms with Crippen molar-refractivity contribution in [3.8, 4) is 5.75 Å². The van der Waals surface area contributed by atoms with Gasteiger partial charge in [0, 0.05) is 11.8 Å². The third-order valence-electron chi connectivity index (χ3n) is 4.14. The lowest BCUT2D eigenvalue weighted by Crippen LogP contribution is -2.45. The van der Waals surface area contributed by atoms with Crippen molar-refractivity contribution in [1.29, 1.82) is 0 Å². The van der Waals surface area contributed by atoms with Gasteiger partial charge in [0.05, 0.1) is 11.6 Å². The van der Waals surface area contributed by atoms with E-state index in [0.717, 1.165) is 5.56 Å². The summed E-state index contributed by atoms with van der Waals surface area (Å²) in [5, 5.41) is 14.5. The fourth-order valence-corrected chi connectivity index (χ4v) is 2.83. The number of rotatable bonds is 5. The zero-order valence-electron chi connectivity index (χ0n) is 15.0. The van der Waals surface area contributed by atoms with Crippen LogP contribution in [0.2, 0.25) is 0 Å². The molecule has 2 aromatic rings. The predicted molar refractivity (Wildman–Crippen MR) is 102 cm³/mol. The summed E-state index contributed by atoms with van der Waals surface area (Å²) >= 11 is 0. The molecular formula is C21H18N2O5. The van der Waals surface area contributed by atoms with E-state index in [1.807, 2.05) is 30.3 Å². The monoisotopic (exact) mass is 378 g/mol. The van der Waals surface area contributed by atoms with Gasteiger partial charge < -0.3 is 20.5 Å². The van der Waals surface area contributed by atoms with E-state index < -0.39 is 24.0 Å². The first-order valence-electron chi connectivity index (χ1n) is 8.50. The molecule has 1 heterocycles. The smallest absolute Gasteiger partial charge is 0.336 e. The van der Waals surface area contributed by atoms with Crippen LogP contribution in [0.25, 0.3) is 6.08 Å². The molecule has 0 spiro atoms. The highest BCUT2D eigenvalue weighted by molar-refractivity contribution is 5.93. The maximum Gasteiger partial charge on any atom is 0.336 e. The van der Waals surface area contributed by atoms with Crippen LogP contribution < -0.4 is 15.4 Å². The van der Waals surface area contributed by atoms with Gasteiger partial charge in [-0.1, -0.05) is 42.5 Å². The van der Waals surface area contributed by atoms with Crippen LogP contribution in [-0.2, 0) is 9.59 Å². The van der Waals surface area contributed by atoms with Gasteiger partial charge in [0.15, 0.2) is 0 Å². The molecule has 0 saturated heterocycles. The molecule has 3 N–H and O–H groups in total. The Kier molecular flexibility index (Phi) is 5.55. The van der Waals surface area contributed by atoms with Crippen molar-refractivity contribution in [2.24, 2.45) is 0 Å². The number of carboxylic acids is 1. The van der Waals surface area contributed by atoms with Crippen molar-refractivity contribution in [3.63, 3.8) is 0 Å². The van der Waals surface area contributed by atoms with Crippen LogP contribution in [0.4, 0.5) is 4.79 Å². The van der Waals surface area contributed by atoms with Crippen molar-refractivity contribution in [3.05, 3.63) is 83.1 Å². The van der Waals surface area contributed by atoms with Crippen LogP contribution >= 0.6 is 0 Å². The summed E-state index contributed by atoms with van der Waals surface area (Å²) in [6.07, 6.45) is 2.97. The zero-order valence-corrected chi connectivity index (χ0v) is 15.0. The van der Waals surface area contributed by atoms with Gasteiger partial charge in [-0.15, -0.1) is 0 Å². The van der Waals surface area contributed by atoms with Crippen molar-refractivity contribution >= 4 is 24.0 Å². The zero-order chi connectivity index (χ0) is 20.1. The average Bonchev–Trinajstić information content (AvgIpc) is 2.67. The third kappa shape index (κ3) is 4.45. The summed E-state index contributed by atoms with van der Waals surface area (Å²) in [4.78, 5) is 35.2. The minimum absolute atomic E-state index is 0.0511. The Labute approximate surface area is 161 Å². The largest absolute Gasteiger partial charge is 0.478 e. The number of amides is 2. The average molecular weight is 378 g/mol. The fraction of sp³-hybridized carbons (Fsp3) is 0.0952. The lowest BCUT2D eigenvalue weighted by atomic mass is 9.95. The normalized spacial score (nSPS) is 16.5. The number of hydrogen-bond donors (Lipinski definition) is 3. The Balaban J connectivity index is 1.72. The lowest BCUT2D eigenvalue weighted by Gasteiger charge is -2.27. The molecule has 0 radical (unpaired) electrons. The molecule has 0 aromatic heterocycles. The predicted octanol–water partition coefficient (Wildman–Crippen LogP) is 3.02. The summed E-state index contributed by atoms with van der Waals surface area (Å²) in [6.45, 7) is 1.53. The second-order valence-electron chi connectivity index (χ2n) is 6.11. The number of carbonyl (C=O) groups excluding carboxylic acids is 2.